The molecule has 1 fully saturated rings. The molecule has 3 rings (SSSR count). The number of carbonyl (C=O) groups excluding carboxylic acids is 2. The number of amides is 2. The molecule has 0 radical (unpaired) electrons. The molecule has 1 aliphatic rings. The van der Waals surface area contributed by atoms with E-state index in [4.69, 9.17) is 4.74 Å². The molecular formula is C19H27N5O3S. The van der Waals surface area contributed by atoms with Crippen molar-refractivity contribution in [3.63, 3.8) is 0 Å². The Labute approximate surface area is 169 Å². The fraction of sp³-hybridized carbons (Fsp3) is 0.579. The predicted molar refractivity (Wildman–Crippen MR) is 107 cm³/mol. The van der Waals surface area contributed by atoms with Crippen molar-refractivity contribution >= 4 is 29.4 Å². The second-order valence-corrected chi connectivity index (χ2v) is 8.70. The average Bonchev–Trinajstić information content (AvgIpc) is 3.02. The van der Waals surface area contributed by atoms with Gasteiger partial charge in [-0.3, -0.25) is 4.79 Å². The van der Waals surface area contributed by atoms with E-state index in [0.29, 0.717) is 18.8 Å². The molecule has 28 heavy (non-hydrogen) atoms. The number of piperidine rings is 1. The maximum Gasteiger partial charge on any atom is 0.410 e. The van der Waals surface area contributed by atoms with Crippen molar-refractivity contribution in [2.24, 2.45) is 0 Å². The van der Waals surface area contributed by atoms with Gasteiger partial charge in [0.25, 0.3) is 0 Å². The van der Waals surface area contributed by atoms with Crippen LogP contribution in [0.15, 0.2) is 23.6 Å². The highest BCUT2D eigenvalue weighted by atomic mass is 32.2. The molecule has 2 aromatic rings. The number of hydrogen-bond acceptors (Lipinski definition) is 6. The second kappa shape index (κ2) is 8.38. The van der Waals surface area contributed by atoms with E-state index in [1.165, 1.54) is 11.8 Å². The molecule has 1 aliphatic heterocycles. The van der Waals surface area contributed by atoms with Gasteiger partial charge in [0.1, 0.15) is 10.6 Å². The van der Waals surface area contributed by atoms with E-state index in [-0.39, 0.29) is 24.5 Å². The van der Waals surface area contributed by atoms with Crippen molar-refractivity contribution in [2.45, 2.75) is 56.7 Å². The minimum absolute atomic E-state index is 0.0748. The van der Waals surface area contributed by atoms with Gasteiger partial charge in [0.05, 0.1) is 12.1 Å². The van der Waals surface area contributed by atoms with Gasteiger partial charge in [-0.2, -0.15) is 0 Å². The number of rotatable bonds is 4. The smallest absolute Gasteiger partial charge is 0.410 e. The number of nitrogens with one attached hydrogen (secondary N) is 1. The van der Waals surface area contributed by atoms with Gasteiger partial charge in [-0.1, -0.05) is 0 Å². The van der Waals surface area contributed by atoms with Crippen molar-refractivity contribution in [3.8, 4) is 0 Å². The lowest BCUT2D eigenvalue weighted by molar-refractivity contribution is -0.121. The Morgan fingerprint density at radius 2 is 2.18 bits per heavy atom. The topological polar surface area (TPSA) is 88.8 Å². The Balaban J connectivity index is 1.58. The van der Waals surface area contributed by atoms with Gasteiger partial charge >= 0.3 is 6.09 Å². The number of likely N-dealkylation sites (tertiary alicyclic amines) is 1. The van der Waals surface area contributed by atoms with E-state index in [1.54, 1.807) is 11.1 Å². The first-order valence-corrected chi connectivity index (χ1v) is 10.6. The van der Waals surface area contributed by atoms with Crippen LogP contribution in [0.25, 0.3) is 5.65 Å². The number of ether oxygens (including phenoxy) is 1. The first kappa shape index (κ1) is 20.4. The zero-order valence-corrected chi connectivity index (χ0v) is 17.6. The normalized spacial score (nSPS) is 17.6. The van der Waals surface area contributed by atoms with E-state index in [9.17, 15) is 9.59 Å². The minimum Gasteiger partial charge on any atom is -0.444 e. The SMILES string of the molecule is CSc1nccn2cc(CC(=O)N[C@H]3CCCN(C(=O)OC(C)(C)C)C3)nc12. The number of imidazole rings is 1. The van der Waals surface area contributed by atoms with Gasteiger partial charge in [0.2, 0.25) is 5.91 Å². The van der Waals surface area contributed by atoms with Crippen molar-refractivity contribution in [3.05, 3.63) is 24.3 Å². The van der Waals surface area contributed by atoms with Crippen molar-refractivity contribution < 1.29 is 14.3 Å². The number of thioether (sulfide) groups is 1. The maximum absolute atomic E-state index is 12.5. The first-order valence-electron chi connectivity index (χ1n) is 9.39. The summed E-state index contributed by atoms with van der Waals surface area (Å²) < 4.78 is 7.32. The number of hydrogen-bond donors (Lipinski definition) is 1. The Morgan fingerprint density at radius 3 is 2.89 bits per heavy atom. The summed E-state index contributed by atoms with van der Waals surface area (Å²) in [4.78, 5) is 35.3. The Bertz CT molecular complexity index is 861. The third-order valence-corrected chi connectivity index (χ3v) is 5.04. The van der Waals surface area contributed by atoms with E-state index in [2.05, 4.69) is 15.3 Å². The van der Waals surface area contributed by atoms with E-state index < -0.39 is 5.60 Å². The molecule has 1 N–H and O–H groups in total. The van der Waals surface area contributed by atoms with Gasteiger partial charge in [-0.05, 0) is 39.9 Å². The van der Waals surface area contributed by atoms with Crippen molar-refractivity contribution in [1.82, 2.24) is 24.6 Å². The van der Waals surface area contributed by atoms with Crippen LogP contribution >= 0.6 is 11.8 Å². The molecule has 0 aliphatic carbocycles. The zero-order chi connectivity index (χ0) is 20.3. The monoisotopic (exact) mass is 405 g/mol. The van der Waals surface area contributed by atoms with E-state index in [1.807, 2.05) is 43.8 Å². The lowest BCUT2D eigenvalue weighted by atomic mass is 10.1. The predicted octanol–water partition coefficient (Wildman–Crippen LogP) is 2.51. The molecule has 2 aromatic heterocycles. The molecule has 1 saturated heterocycles. The van der Waals surface area contributed by atoms with Crippen LogP contribution in [0.2, 0.25) is 0 Å². The highest BCUT2D eigenvalue weighted by Crippen LogP contribution is 2.18. The summed E-state index contributed by atoms with van der Waals surface area (Å²) in [5, 5.41) is 3.86. The van der Waals surface area contributed by atoms with Gasteiger partial charge in [0, 0.05) is 37.7 Å². The lowest BCUT2D eigenvalue weighted by Crippen LogP contribution is -2.51. The molecule has 0 bridgehead atoms. The fourth-order valence-electron chi connectivity index (χ4n) is 3.21. The lowest BCUT2D eigenvalue weighted by Gasteiger charge is -2.34. The molecule has 0 spiro atoms. The van der Waals surface area contributed by atoms with Crippen LogP contribution in [0.5, 0.6) is 0 Å². The molecule has 2 amide bonds. The molecule has 152 valence electrons. The van der Waals surface area contributed by atoms with Gasteiger partial charge in [-0.15, -0.1) is 11.8 Å². The highest BCUT2D eigenvalue weighted by Gasteiger charge is 2.28. The Morgan fingerprint density at radius 1 is 1.39 bits per heavy atom. The van der Waals surface area contributed by atoms with Gasteiger partial charge < -0.3 is 19.4 Å². The van der Waals surface area contributed by atoms with Crippen LogP contribution < -0.4 is 5.32 Å². The number of fused-ring (bicyclic) bond motifs is 1. The molecule has 0 unspecified atom stereocenters. The summed E-state index contributed by atoms with van der Waals surface area (Å²) in [6.45, 7) is 6.66. The van der Waals surface area contributed by atoms with Crippen LogP contribution in [-0.4, -0.2) is 62.3 Å². The zero-order valence-electron chi connectivity index (χ0n) is 16.8. The number of nitrogens with zero attached hydrogens (tertiary/aromatic N) is 4. The highest BCUT2D eigenvalue weighted by molar-refractivity contribution is 7.98. The van der Waals surface area contributed by atoms with Crippen molar-refractivity contribution in [1.29, 1.82) is 0 Å². The third-order valence-electron chi connectivity index (χ3n) is 4.37. The quantitative estimate of drug-likeness (QED) is 0.787. The Kier molecular flexibility index (Phi) is 6.12. The van der Waals surface area contributed by atoms with Gasteiger partial charge in [-0.25, -0.2) is 14.8 Å². The summed E-state index contributed by atoms with van der Waals surface area (Å²) in [6, 6.07) is -0.0748. The van der Waals surface area contributed by atoms with Crippen LogP contribution in [0.1, 0.15) is 39.3 Å². The summed E-state index contributed by atoms with van der Waals surface area (Å²) in [7, 11) is 0. The first-order chi connectivity index (χ1) is 13.2. The summed E-state index contributed by atoms with van der Waals surface area (Å²) >= 11 is 1.52. The second-order valence-electron chi connectivity index (χ2n) is 7.91. The third kappa shape index (κ3) is 5.15. The Hall–Kier alpha value is -2.29. The van der Waals surface area contributed by atoms with Crippen LogP contribution in [0.4, 0.5) is 4.79 Å². The standard InChI is InChI=1S/C19H27N5O3S/c1-19(2,3)27-18(26)24-8-5-6-13(11-24)21-15(25)10-14-12-23-9-7-20-17(28-4)16(23)22-14/h7,9,12-13H,5-6,8,10-11H2,1-4H3,(H,21,25)/t13-/m0/s1. The molecule has 9 heteroatoms. The van der Waals surface area contributed by atoms with Crippen LogP contribution in [-0.2, 0) is 16.0 Å². The van der Waals surface area contributed by atoms with Crippen molar-refractivity contribution in [2.75, 3.05) is 19.3 Å². The summed E-state index contributed by atoms with van der Waals surface area (Å²) in [5.41, 5.74) is 0.924. The average molecular weight is 406 g/mol. The summed E-state index contributed by atoms with van der Waals surface area (Å²) in [5.74, 6) is -0.0990. The van der Waals surface area contributed by atoms with Crippen LogP contribution in [0, 0.1) is 0 Å². The molecule has 0 aromatic carbocycles. The number of carbonyl (C=O) groups is 2. The minimum atomic E-state index is -0.527. The summed E-state index contributed by atoms with van der Waals surface area (Å²) in [6.07, 6.45) is 8.88. The molecular weight excluding hydrogens is 378 g/mol. The molecule has 0 saturated carbocycles. The van der Waals surface area contributed by atoms with Gasteiger partial charge in [0.15, 0.2) is 5.65 Å². The fourth-order valence-corrected chi connectivity index (χ4v) is 3.71. The molecule has 8 nitrogen and oxygen atoms in total. The van der Waals surface area contributed by atoms with E-state index in [0.717, 1.165) is 23.5 Å². The van der Waals surface area contributed by atoms with E-state index >= 15 is 0 Å². The van der Waals surface area contributed by atoms with Crippen LogP contribution in [0.3, 0.4) is 0 Å². The number of aromatic nitrogens is 3. The maximum atomic E-state index is 12.5. The molecule has 1 atom stereocenters. The largest absolute Gasteiger partial charge is 0.444 e. The molecule has 3 heterocycles.